The molecule has 2 unspecified atom stereocenters. The first-order valence-electron chi connectivity index (χ1n) is 9.44. The summed E-state index contributed by atoms with van der Waals surface area (Å²) in [4.78, 5) is 19.8. The number of pyridine rings is 1. The second-order valence-electron chi connectivity index (χ2n) is 7.47. The molecule has 1 aromatic heterocycles. The highest BCUT2D eigenvalue weighted by Gasteiger charge is 2.40. The minimum atomic E-state index is 0.0266. The van der Waals surface area contributed by atoms with Crippen LogP contribution >= 0.6 is 0 Å². The van der Waals surface area contributed by atoms with E-state index >= 15 is 0 Å². The van der Waals surface area contributed by atoms with Crippen molar-refractivity contribution in [2.24, 2.45) is 5.92 Å². The maximum atomic E-state index is 13.0. The van der Waals surface area contributed by atoms with Gasteiger partial charge in [0, 0.05) is 30.7 Å². The number of piperidine rings is 2. The van der Waals surface area contributed by atoms with Gasteiger partial charge in [0.25, 0.3) is 0 Å². The van der Waals surface area contributed by atoms with Gasteiger partial charge in [-0.15, -0.1) is 0 Å². The highest BCUT2D eigenvalue weighted by Crippen LogP contribution is 2.39. The number of hydrogen-bond donors (Lipinski definition) is 0. The van der Waals surface area contributed by atoms with Crippen molar-refractivity contribution < 1.29 is 4.79 Å². The summed E-state index contributed by atoms with van der Waals surface area (Å²) in [6.07, 6.45) is 6.96. The molecule has 4 nitrogen and oxygen atoms in total. The standard InChI is InChI=1S/C22H23N3O/c23-14-17-9-10-24-21(11-17)22(26)18-12-19-7-4-8-20(13-18)25(19)15-16-5-2-1-3-6-16/h1-3,5-6,9-11,18-20H,4,7-8,12-13,15H2. The van der Waals surface area contributed by atoms with Crippen molar-refractivity contribution in [2.45, 2.75) is 50.7 Å². The molecule has 4 rings (SSSR count). The monoisotopic (exact) mass is 345 g/mol. The molecule has 0 spiro atoms. The van der Waals surface area contributed by atoms with Gasteiger partial charge in [-0.1, -0.05) is 36.8 Å². The molecule has 0 aliphatic carbocycles. The van der Waals surface area contributed by atoms with Crippen molar-refractivity contribution in [1.29, 1.82) is 5.26 Å². The van der Waals surface area contributed by atoms with Crippen LogP contribution in [-0.2, 0) is 6.54 Å². The van der Waals surface area contributed by atoms with Crippen LogP contribution < -0.4 is 0 Å². The van der Waals surface area contributed by atoms with E-state index < -0.39 is 0 Å². The topological polar surface area (TPSA) is 57.0 Å². The van der Waals surface area contributed by atoms with Gasteiger partial charge in [0.05, 0.1) is 11.6 Å². The van der Waals surface area contributed by atoms with E-state index in [9.17, 15) is 4.79 Å². The van der Waals surface area contributed by atoms with Gasteiger partial charge in [-0.05, 0) is 43.4 Å². The average molecular weight is 345 g/mol. The molecule has 4 heteroatoms. The van der Waals surface area contributed by atoms with Gasteiger partial charge in [0.1, 0.15) is 5.69 Å². The SMILES string of the molecule is N#Cc1ccnc(C(=O)C2CC3CCCC(C2)N3Cc2ccccc2)c1. The van der Waals surface area contributed by atoms with Crippen molar-refractivity contribution >= 4 is 5.78 Å². The number of hydrogen-bond acceptors (Lipinski definition) is 4. The van der Waals surface area contributed by atoms with Gasteiger partial charge >= 0.3 is 0 Å². The molecule has 26 heavy (non-hydrogen) atoms. The number of fused-ring (bicyclic) bond motifs is 2. The molecule has 0 saturated carbocycles. The number of nitrogens with zero attached hydrogens (tertiary/aromatic N) is 3. The molecule has 2 saturated heterocycles. The Kier molecular flexibility index (Phi) is 4.81. The number of ketones is 1. The Morgan fingerprint density at radius 3 is 2.58 bits per heavy atom. The summed E-state index contributed by atoms with van der Waals surface area (Å²) in [6.45, 7) is 0.971. The molecular formula is C22H23N3O. The molecule has 2 bridgehead atoms. The molecule has 2 fully saturated rings. The highest BCUT2D eigenvalue weighted by atomic mass is 16.1. The summed E-state index contributed by atoms with van der Waals surface area (Å²) < 4.78 is 0. The lowest BCUT2D eigenvalue weighted by atomic mass is 9.76. The number of aromatic nitrogens is 1. The van der Waals surface area contributed by atoms with E-state index in [1.54, 1.807) is 18.3 Å². The van der Waals surface area contributed by atoms with E-state index in [2.05, 4.69) is 46.3 Å². The Balaban J connectivity index is 1.50. The maximum absolute atomic E-state index is 13.0. The molecule has 3 heterocycles. The summed E-state index contributed by atoms with van der Waals surface area (Å²) in [5.41, 5.74) is 2.30. The van der Waals surface area contributed by atoms with Crippen LogP contribution in [0.25, 0.3) is 0 Å². The molecular weight excluding hydrogens is 322 g/mol. The fourth-order valence-corrected chi connectivity index (χ4v) is 4.59. The Labute approximate surface area is 154 Å². The van der Waals surface area contributed by atoms with E-state index in [-0.39, 0.29) is 11.7 Å². The minimum Gasteiger partial charge on any atom is -0.293 e. The molecule has 2 atom stereocenters. The predicted octanol–water partition coefficient (Wildman–Crippen LogP) is 3.97. The third-order valence-corrected chi connectivity index (χ3v) is 5.85. The van der Waals surface area contributed by atoms with Crippen LogP contribution in [0.15, 0.2) is 48.7 Å². The van der Waals surface area contributed by atoms with E-state index in [1.165, 1.54) is 24.8 Å². The lowest BCUT2D eigenvalue weighted by Crippen LogP contribution is -2.52. The van der Waals surface area contributed by atoms with Crippen molar-refractivity contribution in [3.8, 4) is 6.07 Å². The van der Waals surface area contributed by atoms with Gasteiger partial charge in [0.15, 0.2) is 5.78 Å². The Morgan fingerprint density at radius 2 is 1.88 bits per heavy atom. The molecule has 2 aliphatic heterocycles. The smallest absolute Gasteiger partial charge is 0.184 e. The Morgan fingerprint density at radius 1 is 1.15 bits per heavy atom. The fourth-order valence-electron chi connectivity index (χ4n) is 4.59. The molecule has 0 N–H and O–H groups in total. The second-order valence-corrected chi connectivity index (χ2v) is 7.47. The quantitative estimate of drug-likeness (QED) is 0.787. The van der Waals surface area contributed by atoms with Gasteiger partial charge in [0.2, 0.25) is 0 Å². The van der Waals surface area contributed by atoms with Crippen LogP contribution in [0.1, 0.15) is 53.7 Å². The largest absolute Gasteiger partial charge is 0.293 e. The molecule has 2 aromatic rings. The number of carbonyl (C=O) groups is 1. The third-order valence-electron chi connectivity index (χ3n) is 5.85. The lowest BCUT2D eigenvalue weighted by molar-refractivity contribution is 0.00891. The second kappa shape index (κ2) is 7.39. The van der Waals surface area contributed by atoms with Crippen LogP contribution in [-0.4, -0.2) is 27.8 Å². The lowest BCUT2D eigenvalue weighted by Gasteiger charge is -2.48. The number of carbonyl (C=O) groups excluding carboxylic acids is 1. The molecule has 2 aliphatic rings. The van der Waals surface area contributed by atoms with Gasteiger partial charge in [-0.25, -0.2) is 0 Å². The van der Waals surface area contributed by atoms with Crippen LogP contribution in [0.3, 0.4) is 0 Å². The highest BCUT2D eigenvalue weighted by molar-refractivity contribution is 5.96. The summed E-state index contributed by atoms with van der Waals surface area (Å²) in [5, 5.41) is 9.06. The first-order chi connectivity index (χ1) is 12.7. The zero-order chi connectivity index (χ0) is 17.9. The number of rotatable bonds is 4. The van der Waals surface area contributed by atoms with Crippen molar-refractivity contribution in [3.05, 3.63) is 65.5 Å². The minimum absolute atomic E-state index is 0.0266. The maximum Gasteiger partial charge on any atom is 0.184 e. The summed E-state index contributed by atoms with van der Waals surface area (Å²) in [7, 11) is 0. The van der Waals surface area contributed by atoms with E-state index in [1.807, 2.05) is 0 Å². The van der Waals surface area contributed by atoms with E-state index in [0.717, 1.165) is 19.4 Å². The molecule has 1 aromatic carbocycles. The first-order valence-corrected chi connectivity index (χ1v) is 9.44. The summed E-state index contributed by atoms with van der Waals surface area (Å²) >= 11 is 0. The van der Waals surface area contributed by atoms with Gasteiger partial charge in [-0.2, -0.15) is 5.26 Å². The average Bonchev–Trinajstić information content (AvgIpc) is 2.68. The zero-order valence-corrected chi connectivity index (χ0v) is 14.8. The van der Waals surface area contributed by atoms with Crippen LogP contribution in [0.2, 0.25) is 0 Å². The van der Waals surface area contributed by atoms with Crippen LogP contribution in [0.4, 0.5) is 0 Å². The number of Topliss-reactive ketones (excluding diaryl/α,β-unsaturated/α-hetero) is 1. The number of nitriles is 1. The fraction of sp³-hybridized carbons (Fsp3) is 0.409. The van der Waals surface area contributed by atoms with E-state index in [0.29, 0.717) is 23.3 Å². The zero-order valence-electron chi connectivity index (χ0n) is 14.8. The van der Waals surface area contributed by atoms with E-state index in [4.69, 9.17) is 5.26 Å². The van der Waals surface area contributed by atoms with Gasteiger partial charge < -0.3 is 0 Å². The Hall–Kier alpha value is -2.51. The van der Waals surface area contributed by atoms with Crippen LogP contribution in [0.5, 0.6) is 0 Å². The third kappa shape index (κ3) is 3.40. The summed E-state index contributed by atoms with van der Waals surface area (Å²) in [5.74, 6) is 0.136. The Bertz CT molecular complexity index is 813. The molecule has 0 radical (unpaired) electrons. The van der Waals surface area contributed by atoms with Crippen molar-refractivity contribution in [2.75, 3.05) is 0 Å². The van der Waals surface area contributed by atoms with Crippen molar-refractivity contribution in [3.63, 3.8) is 0 Å². The number of benzene rings is 1. The molecule has 0 amide bonds. The summed E-state index contributed by atoms with van der Waals surface area (Å²) in [6, 6.07) is 16.9. The molecule has 132 valence electrons. The van der Waals surface area contributed by atoms with Crippen LogP contribution in [0, 0.1) is 17.2 Å². The van der Waals surface area contributed by atoms with Crippen molar-refractivity contribution in [1.82, 2.24) is 9.88 Å². The first kappa shape index (κ1) is 16.9. The van der Waals surface area contributed by atoms with Gasteiger partial charge in [-0.3, -0.25) is 14.7 Å². The predicted molar refractivity (Wildman–Crippen MR) is 99.4 cm³/mol. The normalized spacial score (nSPS) is 25.4.